The number of hydrogen-bond donors (Lipinski definition) is 1. The number of nitrogens with one attached hydrogen (secondary N) is 1. The molecule has 1 fully saturated rings. The molecule has 1 aromatic rings. The summed E-state index contributed by atoms with van der Waals surface area (Å²) in [5, 5.41) is 3.72. The lowest BCUT2D eigenvalue weighted by atomic mass is 10.0. The molecular weight excluding hydrogens is 258 g/mol. The van der Waals surface area contributed by atoms with Gasteiger partial charge in [-0.25, -0.2) is 8.78 Å². The van der Waals surface area contributed by atoms with Gasteiger partial charge in [0, 0.05) is 31.2 Å². The second-order valence-electron chi connectivity index (χ2n) is 4.57. The molecule has 1 heterocycles. The van der Waals surface area contributed by atoms with Crippen LogP contribution in [0.15, 0.2) is 18.2 Å². The van der Waals surface area contributed by atoms with Crippen LogP contribution in [0.3, 0.4) is 0 Å². The fraction of sp³-hybridized carbons (Fsp3) is 0.538. The number of aryl methyl sites for hydroxylation is 1. The molecule has 1 aliphatic rings. The number of rotatable bonds is 3. The van der Waals surface area contributed by atoms with Crippen molar-refractivity contribution in [2.45, 2.75) is 19.4 Å². The van der Waals surface area contributed by atoms with Crippen molar-refractivity contribution in [3.8, 4) is 0 Å². The zero-order chi connectivity index (χ0) is 13.1. The summed E-state index contributed by atoms with van der Waals surface area (Å²) >= 11 is 6.03. The minimum Gasteiger partial charge on any atom is -0.314 e. The summed E-state index contributed by atoms with van der Waals surface area (Å²) in [5.41, 5.74) is 1.51. The van der Waals surface area contributed by atoms with Gasteiger partial charge in [0.05, 0.1) is 6.04 Å². The second kappa shape index (κ2) is 5.95. The SMILES string of the molecule is Cc1ccc([C@H](C(F)F)N2CCNCC2)cc1Cl. The summed E-state index contributed by atoms with van der Waals surface area (Å²) in [5.74, 6) is 0. The number of alkyl halides is 2. The predicted octanol–water partition coefficient (Wildman–Crippen LogP) is 2.86. The van der Waals surface area contributed by atoms with Crippen molar-refractivity contribution in [2.24, 2.45) is 0 Å². The third-order valence-electron chi connectivity index (χ3n) is 3.32. The first-order chi connectivity index (χ1) is 8.59. The molecule has 1 saturated heterocycles. The standard InChI is InChI=1S/C13H17ClF2N2/c1-9-2-3-10(8-11(9)14)12(13(15)16)18-6-4-17-5-7-18/h2-3,8,12-13,17H,4-7H2,1H3/t12-/m1/s1. The first-order valence-corrected chi connectivity index (χ1v) is 6.46. The summed E-state index contributed by atoms with van der Waals surface area (Å²) < 4.78 is 26.6. The van der Waals surface area contributed by atoms with Gasteiger partial charge in [-0.05, 0) is 24.1 Å². The van der Waals surface area contributed by atoms with Gasteiger partial charge in [-0.3, -0.25) is 4.90 Å². The van der Waals surface area contributed by atoms with Gasteiger partial charge in [-0.1, -0.05) is 23.7 Å². The molecule has 0 radical (unpaired) electrons. The van der Waals surface area contributed by atoms with Crippen molar-refractivity contribution in [2.75, 3.05) is 26.2 Å². The third-order valence-corrected chi connectivity index (χ3v) is 3.73. The molecular formula is C13H17ClF2N2. The maximum Gasteiger partial charge on any atom is 0.258 e. The van der Waals surface area contributed by atoms with Gasteiger partial charge in [-0.15, -0.1) is 0 Å². The Morgan fingerprint density at radius 3 is 2.50 bits per heavy atom. The number of halogens is 3. The Morgan fingerprint density at radius 2 is 1.94 bits per heavy atom. The van der Waals surface area contributed by atoms with Gasteiger partial charge in [0.2, 0.25) is 0 Å². The fourth-order valence-electron chi connectivity index (χ4n) is 2.27. The van der Waals surface area contributed by atoms with E-state index in [2.05, 4.69) is 5.32 Å². The van der Waals surface area contributed by atoms with Gasteiger partial charge >= 0.3 is 0 Å². The quantitative estimate of drug-likeness (QED) is 0.912. The van der Waals surface area contributed by atoms with Gasteiger partial charge in [0.25, 0.3) is 6.43 Å². The van der Waals surface area contributed by atoms with Crippen LogP contribution in [0.4, 0.5) is 8.78 Å². The largest absolute Gasteiger partial charge is 0.314 e. The highest BCUT2D eigenvalue weighted by atomic mass is 35.5. The molecule has 0 bridgehead atoms. The molecule has 100 valence electrons. The van der Waals surface area contributed by atoms with Crippen molar-refractivity contribution in [3.63, 3.8) is 0 Å². The molecule has 1 aliphatic heterocycles. The van der Waals surface area contributed by atoms with Gasteiger partial charge in [0.15, 0.2) is 0 Å². The van der Waals surface area contributed by atoms with E-state index in [4.69, 9.17) is 11.6 Å². The lowest BCUT2D eigenvalue weighted by molar-refractivity contribution is 0.0182. The minimum absolute atomic E-state index is 0.549. The number of benzene rings is 1. The van der Waals surface area contributed by atoms with Gasteiger partial charge in [-0.2, -0.15) is 0 Å². The van der Waals surface area contributed by atoms with Crippen LogP contribution in [0, 0.1) is 6.92 Å². The fourth-order valence-corrected chi connectivity index (χ4v) is 2.46. The molecule has 1 aromatic carbocycles. The van der Waals surface area contributed by atoms with Crippen LogP contribution in [0.25, 0.3) is 0 Å². The molecule has 5 heteroatoms. The van der Waals surface area contributed by atoms with Crippen LogP contribution < -0.4 is 5.32 Å². The Morgan fingerprint density at radius 1 is 1.28 bits per heavy atom. The van der Waals surface area contributed by atoms with E-state index >= 15 is 0 Å². The van der Waals surface area contributed by atoms with E-state index in [-0.39, 0.29) is 0 Å². The summed E-state index contributed by atoms with van der Waals surface area (Å²) in [7, 11) is 0. The van der Waals surface area contributed by atoms with Gasteiger partial charge in [0.1, 0.15) is 0 Å². The second-order valence-corrected chi connectivity index (χ2v) is 4.98. The summed E-state index contributed by atoms with van der Waals surface area (Å²) in [4.78, 5) is 1.82. The van der Waals surface area contributed by atoms with E-state index in [9.17, 15) is 8.78 Å². The Bertz CT molecular complexity index is 406. The molecule has 0 spiro atoms. The Kier molecular flexibility index (Phi) is 4.54. The zero-order valence-electron chi connectivity index (χ0n) is 10.3. The predicted molar refractivity (Wildman–Crippen MR) is 69.4 cm³/mol. The molecule has 2 rings (SSSR count). The van der Waals surface area contributed by atoms with Crippen molar-refractivity contribution in [1.82, 2.24) is 10.2 Å². The maximum absolute atomic E-state index is 13.3. The monoisotopic (exact) mass is 274 g/mol. The number of nitrogens with zero attached hydrogens (tertiary/aromatic N) is 1. The normalized spacial score (nSPS) is 19.2. The van der Waals surface area contributed by atoms with Crippen LogP contribution in [0.2, 0.25) is 5.02 Å². The van der Waals surface area contributed by atoms with Crippen molar-refractivity contribution >= 4 is 11.6 Å². The van der Waals surface area contributed by atoms with Crippen molar-refractivity contribution in [3.05, 3.63) is 34.3 Å². The lowest BCUT2D eigenvalue weighted by Gasteiger charge is -2.34. The third kappa shape index (κ3) is 2.99. The van der Waals surface area contributed by atoms with Crippen LogP contribution in [0.5, 0.6) is 0 Å². The zero-order valence-corrected chi connectivity index (χ0v) is 11.1. The van der Waals surface area contributed by atoms with Crippen LogP contribution in [-0.2, 0) is 0 Å². The summed E-state index contributed by atoms with van der Waals surface area (Å²) in [6, 6.07) is 4.36. The highest BCUT2D eigenvalue weighted by Gasteiger charge is 2.30. The van der Waals surface area contributed by atoms with E-state index in [1.807, 2.05) is 11.8 Å². The molecule has 2 nitrogen and oxygen atoms in total. The van der Waals surface area contributed by atoms with Crippen LogP contribution >= 0.6 is 11.6 Å². The van der Waals surface area contributed by atoms with Gasteiger partial charge < -0.3 is 5.32 Å². The Balaban J connectivity index is 2.25. The van der Waals surface area contributed by atoms with Crippen molar-refractivity contribution in [1.29, 1.82) is 0 Å². The topological polar surface area (TPSA) is 15.3 Å². The van der Waals surface area contributed by atoms with Crippen LogP contribution in [-0.4, -0.2) is 37.5 Å². The Hall–Kier alpha value is -0.710. The van der Waals surface area contributed by atoms with Crippen LogP contribution in [0.1, 0.15) is 17.2 Å². The van der Waals surface area contributed by atoms with E-state index in [0.29, 0.717) is 23.7 Å². The maximum atomic E-state index is 13.3. The average Bonchev–Trinajstić information content (AvgIpc) is 2.35. The van der Waals surface area contributed by atoms with Crippen molar-refractivity contribution < 1.29 is 8.78 Å². The number of hydrogen-bond acceptors (Lipinski definition) is 2. The molecule has 1 atom stereocenters. The Labute approximate surface area is 111 Å². The van der Waals surface area contributed by atoms with E-state index in [1.165, 1.54) is 0 Å². The molecule has 0 aromatic heterocycles. The highest BCUT2D eigenvalue weighted by molar-refractivity contribution is 6.31. The highest BCUT2D eigenvalue weighted by Crippen LogP contribution is 2.30. The van der Waals surface area contributed by atoms with E-state index in [1.54, 1.807) is 18.2 Å². The summed E-state index contributed by atoms with van der Waals surface area (Å²) in [6.45, 7) is 4.65. The average molecular weight is 275 g/mol. The molecule has 1 N–H and O–H groups in total. The minimum atomic E-state index is -2.40. The molecule has 0 unspecified atom stereocenters. The summed E-state index contributed by atoms with van der Waals surface area (Å²) in [6.07, 6.45) is -2.40. The van der Waals surface area contributed by atoms with E-state index in [0.717, 1.165) is 18.7 Å². The first kappa shape index (κ1) is 13.7. The lowest BCUT2D eigenvalue weighted by Crippen LogP contribution is -2.46. The van der Waals surface area contributed by atoms with E-state index < -0.39 is 12.5 Å². The first-order valence-electron chi connectivity index (χ1n) is 6.08. The molecule has 0 aliphatic carbocycles. The molecule has 18 heavy (non-hydrogen) atoms. The smallest absolute Gasteiger partial charge is 0.258 e. The number of piperazine rings is 1. The molecule has 0 amide bonds. The molecule has 0 saturated carbocycles.